The minimum atomic E-state index is -0.476. The van der Waals surface area contributed by atoms with Gasteiger partial charge in [0, 0.05) is 42.7 Å². The third-order valence-corrected chi connectivity index (χ3v) is 10.4. The number of nitrogens with zero attached hydrogens (tertiary/aromatic N) is 3. The van der Waals surface area contributed by atoms with Crippen LogP contribution < -0.4 is 21.3 Å². The van der Waals surface area contributed by atoms with Crippen LogP contribution in [0.4, 0.5) is 0 Å². The van der Waals surface area contributed by atoms with Gasteiger partial charge in [-0.15, -0.1) is 22.7 Å². The fraction of sp³-hybridized carbons (Fsp3) is 0.529. The van der Waals surface area contributed by atoms with Gasteiger partial charge in [-0.25, -0.2) is 9.97 Å². The molecule has 1 unspecified atom stereocenters. The topological polar surface area (TPSA) is 145 Å². The quantitative estimate of drug-likeness (QED) is 0.316. The second-order valence-corrected chi connectivity index (χ2v) is 14.4. The highest BCUT2D eigenvalue weighted by Gasteiger charge is 2.28. The Kier molecular flexibility index (Phi) is 12.5. The van der Waals surface area contributed by atoms with E-state index in [2.05, 4.69) is 45.1 Å². The molecule has 13 heteroatoms. The number of carbonyl (C=O) groups is 4. The van der Waals surface area contributed by atoms with Crippen molar-refractivity contribution in [3.8, 4) is 0 Å². The van der Waals surface area contributed by atoms with Crippen molar-refractivity contribution in [1.82, 2.24) is 36.1 Å². The lowest BCUT2D eigenvalue weighted by Gasteiger charge is -2.30. The number of hydrogen-bond acceptors (Lipinski definition) is 9. The van der Waals surface area contributed by atoms with Gasteiger partial charge in [-0.05, 0) is 63.1 Å². The molecule has 47 heavy (non-hydrogen) atoms. The highest BCUT2D eigenvalue weighted by atomic mass is 32.1. The molecule has 2 aliphatic rings. The molecule has 2 aliphatic heterocycles. The van der Waals surface area contributed by atoms with E-state index in [1.54, 1.807) is 10.8 Å². The zero-order valence-corrected chi connectivity index (χ0v) is 28.8. The number of piperidine rings is 1. The molecule has 0 spiro atoms. The normalized spacial score (nSPS) is 21.0. The molecule has 3 aromatic rings. The number of thiazole rings is 2. The number of amides is 4. The van der Waals surface area contributed by atoms with Crippen molar-refractivity contribution < 1.29 is 19.2 Å². The molecule has 1 saturated heterocycles. The van der Waals surface area contributed by atoms with E-state index < -0.39 is 6.04 Å². The van der Waals surface area contributed by atoms with Gasteiger partial charge in [-0.2, -0.15) is 0 Å². The van der Waals surface area contributed by atoms with Crippen LogP contribution in [0.3, 0.4) is 0 Å². The van der Waals surface area contributed by atoms with Crippen LogP contribution in [0.5, 0.6) is 0 Å². The van der Waals surface area contributed by atoms with Crippen LogP contribution in [-0.4, -0.2) is 71.2 Å². The van der Waals surface area contributed by atoms with Gasteiger partial charge in [-0.3, -0.25) is 19.2 Å². The maximum atomic E-state index is 13.5. The minimum absolute atomic E-state index is 0.0303. The fourth-order valence-electron chi connectivity index (χ4n) is 6.00. The summed E-state index contributed by atoms with van der Waals surface area (Å²) in [6.45, 7) is 7.17. The molecule has 2 aromatic heterocycles. The first-order chi connectivity index (χ1) is 22.8. The molecule has 2 atom stereocenters. The Labute approximate surface area is 284 Å². The van der Waals surface area contributed by atoms with E-state index >= 15 is 0 Å². The molecule has 252 valence electrons. The van der Waals surface area contributed by atoms with E-state index in [0.29, 0.717) is 66.9 Å². The molecule has 1 fully saturated rings. The Morgan fingerprint density at radius 2 is 1.53 bits per heavy atom. The van der Waals surface area contributed by atoms with Crippen LogP contribution >= 0.6 is 22.7 Å². The lowest BCUT2D eigenvalue weighted by molar-refractivity contribution is -0.137. The van der Waals surface area contributed by atoms with Gasteiger partial charge >= 0.3 is 0 Å². The predicted molar refractivity (Wildman–Crippen MR) is 183 cm³/mol. The predicted octanol–water partition coefficient (Wildman–Crippen LogP) is 4.26. The summed E-state index contributed by atoms with van der Waals surface area (Å²) in [5.74, 6) is -0.357. The monoisotopic (exact) mass is 679 g/mol. The third-order valence-electron chi connectivity index (χ3n) is 8.46. The number of fused-ring (bicyclic) bond motifs is 4. The van der Waals surface area contributed by atoms with Crippen molar-refractivity contribution in [3.05, 3.63) is 68.1 Å². The minimum Gasteiger partial charge on any atom is -0.351 e. The summed E-state index contributed by atoms with van der Waals surface area (Å²) in [6.07, 6.45) is 4.15. The number of hydrogen-bond donors (Lipinski definition) is 4. The summed E-state index contributed by atoms with van der Waals surface area (Å²) in [7, 11) is 0. The largest absolute Gasteiger partial charge is 0.351 e. The number of carbonyl (C=O) groups excluding carboxylic acids is 4. The van der Waals surface area contributed by atoms with Gasteiger partial charge in [-0.1, -0.05) is 44.2 Å². The molecule has 5 rings (SSSR count). The summed E-state index contributed by atoms with van der Waals surface area (Å²) < 4.78 is 0. The zero-order valence-electron chi connectivity index (χ0n) is 27.1. The first-order valence-electron chi connectivity index (χ1n) is 16.6. The summed E-state index contributed by atoms with van der Waals surface area (Å²) in [5.41, 5.74) is 1.59. The summed E-state index contributed by atoms with van der Waals surface area (Å²) in [5, 5.41) is 17.3. The molecule has 0 aliphatic carbocycles. The first-order valence-corrected chi connectivity index (χ1v) is 18.4. The number of benzene rings is 1. The standard InChI is InChI=1S/C34H45N7O4S2/c1-22(2)18-25-32-40-28(21-47-32)31(44)38-26(19-23-8-4-3-5-9-23)33-39-27(20-46-33)30(43)36-13-7-17-41(16-6-10-29(42)37-25)34(45)24-11-14-35-15-12-24/h3-5,8-9,20-22,24-26,35H,6-7,10-19H2,1-2H3,(H,36,43)(H,37,42)(H,38,44)/t25?,26-/m0/s1. The Bertz CT molecular complexity index is 1500. The lowest BCUT2D eigenvalue weighted by atomic mass is 9.96. The van der Waals surface area contributed by atoms with E-state index in [-0.39, 0.29) is 47.7 Å². The van der Waals surface area contributed by atoms with Gasteiger partial charge in [0.15, 0.2) is 0 Å². The molecule has 11 nitrogen and oxygen atoms in total. The summed E-state index contributed by atoms with van der Waals surface area (Å²) >= 11 is 2.69. The van der Waals surface area contributed by atoms with Gasteiger partial charge in [0.1, 0.15) is 21.4 Å². The third kappa shape index (κ3) is 9.91. The molecule has 0 saturated carbocycles. The average molecular weight is 680 g/mol. The molecular weight excluding hydrogens is 635 g/mol. The van der Waals surface area contributed by atoms with Crippen molar-refractivity contribution in [1.29, 1.82) is 0 Å². The number of nitrogens with one attached hydrogen (secondary N) is 4. The van der Waals surface area contributed by atoms with Crippen LogP contribution in [0.2, 0.25) is 0 Å². The van der Waals surface area contributed by atoms with Crippen molar-refractivity contribution >= 4 is 46.3 Å². The maximum absolute atomic E-state index is 13.5. The number of aromatic nitrogens is 2. The molecule has 4 heterocycles. The van der Waals surface area contributed by atoms with Gasteiger partial charge in [0.25, 0.3) is 11.8 Å². The molecule has 4 N–H and O–H groups in total. The Balaban J connectivity index is 1.39. The van der Waals surface area contributed by atoms with Crippen molar-refractivity contribution in [2.75, 3.05) is 32.7 Å². The molecular formula is C34H45N7O4S2. The van der Waals surface area contributed by atoms with Crippen molar-refractivity contribution in [3.63, 3.8) is 0 Å². The average Bonchev–Trinajstić information content (AvgIpc) is 3.77. The molecule has 1 aromatic carbocycles. The fourth-order valence-corrected chi connectivity index (χ4v) is 7.71. The van der Waals surface area contributed by atoms with E-state index in [1.807, 2.05) is 35.2 Å². The van der Waals surface area contributed by atoms with E-state index in [9.17, 15) is 19.2 Å². The molecule has 0 radical (unpaired) electrons. The Morgan fingerprint density at radius 1 is 0.872 bits per heavy atom. The van der Waals surface area contributed by atoms with Gasteiger partial charge in [0.2, 0.25) is 11.8 Å². The second kappa shape index (κ2) is 16.9. The highest BCUT2D eigenvalue weighted by Crippen LogP contribution is 2.27. The van der Waals surface area contributed by atoms with Crippen LogP contribution in [-0.2, 0) is 16.0 Å². The number of rotatable bonds is 5. The van der Waals surface area contributed by atoms with Crippen LogP contribution in [0.25, 0.3) is 0 Å². The highest BCUT2D eigenvalue weighted by molar-refractivity contribution is 7.10. The summed E-state index contributed by atoms with van der Waals surface area (Å²) in [6, 6.07) is 9.02. The van der Waals surface area contributed by atoms with E-state index in [4.69, 9.17) is 0 Å². The summed E-state index contributed by atoms with van der Waals surface area (Å²) in [4.78, 5) is 64.5. The lowest BCUT2D eigenvalue weighted by Crippen LogP contribution is -2.42. The van der Waals surface area contributed by atoms with Crippen LogP contribution in [0.15, 0.2) is 41.1 Å². The van der Waals surface area contributed by atoms with Crippen LogP contribution in [0, 0.1) is 11.8 Å². The van der Waals surface area contributed by atoms with Crippen molar-refractivity contribution in [2.24, 2.45) is 11.8 Å². The van der Waals surface area contributed by atoms with E-state index in [0.717, 1.165) is 31.5 Å². The van der Waals surface area contributed by atoms with E-state index in [1.165, 1.54) is 22.7 Å². The molecule has 4 amide bonds. The Morgan fingerprint density at radius 3 is 2.23 bits per heavy atom. The second-order valence-electron chi connectivity index (χ2n) is 12.7. The maximum Gasteiger partial charge on any atom is 0.271 e. The molecule has 4 bridgehead atoms. The van der Waals surface area contributed by atoms with Gasteiger partial charge < -0.3 is 26.2 Å². The first kappa shape index (κ1) is 34.6. The Hall–Kier alpha value is -3.68. The SMILES string of the molecule is CC(C)CC1NC(=O)CCCN(C(=O)C2CCNCC2)CCCNC(=O)c2csc(n2)[C@H](Cc2ccccc2)NC(=O)c2csc1n2. The smallest absolute Gasteiger partial charge is 0.271 e. The zero-order chi connectivity index (χ0) is 33.2. The van der Waals surface area contributed by atoms with Crippen LogP contribution in [0.1, 0.15) is 101 Å². The van der Waals surface area contributed by atoms with Gasteiger partial charge in [0.05, 0.1) is 12.1 Å². The van der Waals surface area contributed by atoms with Crippen molar-refractivity contribution in [2.45, 2.75) is 70.9 Å².